The number of nitrogens with one attached hydrogen (secondary N) is 1. The Morgan fingerprint density at radius 3 is 2.71 bits per heavy atom. The normalized spacial score (nSPS) is 17.2. The summed E-state index contributed by atoms with van der Waals surface area (Å²) in [6.07, 6.45) is 20.1. The van der Waals surface area contributed by atoms with Crippen LogP contribution in [0.25, 0.3) is 11.1 Å². The fourth-order valence-electron chi connectivity index (χ4n) is 4.35. The quantitative estimate of drug-likeness (QED) is 0.433. The van der Waals surface area contributed by atoms with E-state index in [0.717, 1.165) is 60.3 Å². The summed E-state index contributed by atoms with van der Waals surface area (Å²) in [4.78, 5) is 22.3. The molecule has 3 aromatic rings. The Morgan fingerprint density at radius 2 is 1.88 bits per heavy atom. The summed E-state index contributed by atoms with van der Waals surface area (Å²) < 4.78 is 3.43. The molecule has 0 atom stereocenters. The Hall–Kier alpha value is -2.91. The van der Waals surface area contributed by atoms with Crippen LogP contribution in [0, 0.1) is 0 Å². The van der Waals surface area contributed by atoms with E-state index in [9.17, 15) is 4.79 Å². The molecule has 0 radical (unpaired) electrons. The van der Waals surface area contributed by atoms with Crippen molar-refractivity contribution in [3.8, 4) is 11.1 Å². The van der Waals surface area contributed by atoms with Gasteiger partial charge in [0.15, 0.2) is 0 Å². The molecule has 1 aromatic carbocycles. The molecule has 34 heavy (non-hydrogen) atoms. The van der Waals surface area contributed by atoms with E-state index in [2.05, 4.69) is 56.4 Å². The average Bonchev–Trinajstić information content (AvgIpc) is 3.61. The van der Waals surface area contributed by atoms with Crippen molar-refractivity contribution in [2.24, 2.45) is 0 Å². The molecule has 0 saturated heterocycles. The van der Waals surface area contributed by atoms with Crippen LogP contribution in [0.15, 0.2) is 73.4 Å². The van der Waals surface area contributed by atoms with Crippen molar-refractivity contribution in [2.75, 3.05) is 0 Å². The number of carbonyl (C=O) groups excluding carboxylic acids is 1. The molecule has 6 heteroatoms. The van der Waals surface area contributed by atoms with Crippen LogP contribution < -0.4 is 5.32 Å². The number of allylic oxidation sites excluding steroid dienone is 3. The molecule has 1 aliphatic carbocycles. The number of fused-ring (bicyclic) bond motifs is 2. The molecule has 0 unspecified atom stereocenters. The van der Waals surface area contributed by atoms with Gasteiger partial charge in [-0.15, -0.1) is 0 Å². The van der Waals surface area contributed by atoms with E-state index >= 15 is 0 Å². The van der Waals surface area contributed by atoms with Gasteiger partial charge in [-0.2, -0.15) is 0 Å². The molecule has 1 saturated carbocycles. The molecule has 5 nitrogen and oxygen atoms in total. The van der Waals surface area contributed by atoms with Crippen molar-refractivity contribution in [2.45, 2.75) is 51.0 Å². The molecule has 3 heterocycles. The van der Waals surface area contributed by atoms with Gasteiger partial charge in [0, 0.05) is 11.6 Å². The van der Waals surface area contributed by atoms with Crippen LogP contribution in [0.2, 0.25) is 0 Å². The van der Waals surface area contributed by atoms with Gasteiger partial charge in [-0.05, 0) is 18.9 Å². The number of hydrogen-bond acceptors (Lipinski definition) is 3. The topological polar surface area (TPSA) is 59.8 Å². The second-order valence-corrected chi connectivity index (χ2v) is 10.5. The average molecular weight is 620 g/mol. The summed E-state index contributed by atoms with van der Waals surface area (Å²) in [5, 5.41) is 2.95. The second kappa shape index (κ2) is 10.6. The van der Waals surface area contributed by atoms with Gasteiger partial charge < -0.3 is 0 Å². The Balaban J connectivity index is 1.38. The van der Waals surface area contributed by atoms with Gasteiger partial charge in [0.1, 0.15) is 0 Å². The van der Waals surface area contributed by atoms with Crippen molar-refractivity contribution in [3.05, 3.63) is 96.0 Å². The van der Waals surface area contributed by atoms with E-state index in [1.807, 2.05) is 30.6 Å². The summed E-state index contributed by atoms with van der Waals surface area (Å²) in [5.74, 6) is 1.61. The second-order valence-electron chi connectivity index (χ2n) is 8.93. The Labute approximate surface area is 211 Å². The first-order chi connectivity index (χ1) is 16.7. The van der Waals surface area contributed by atoms with Gasteiger partial charge in [0.2, 0.25) is 0 Å². The molecule has 2 aliphatic rings. The standard InChI is InChI=1S/C28H28N4O.W/c33-28-25-19-23(24-13-14-26(31-20-24)22-10-11-22)12-9-21(25)7-3-2-6-17-32-18-16-29-27(32)8-4-1-5-15-30-28;/h1,4-5,9,12-16,18-20,22H,2-3,6-7,10-11,17H2,(H,30,33);. The van der Waals surface area contributed by atoms with Gasteiger partial charge in [-0.3, -0.25) is 4.98 Å². The third-order valence-corrected chi connectivity index (χ3v) is 7.57. The SMILES string of the molecule is O=C1NC=CC=C[C](=[W])c2nccn2CCCCCc2ccc(-c3ccc(C4CC4)nc3)cc21. The summed E-state index contributed by atoms with van der Waals surface area (Å²) in [5.41, 5.74) is 5.10. The maximum atomic E-state index is 13.1. The molecule has 172 valence electrons. The fraction of sp³-hybridized carbons (Fsp3) is 0.286. The molecular weight excluding hydrogens is 592 g/mol. The van der Waals surface area contributed by atoms with E-state index < -0.39 is 0 Å². The predicted molar refractivity (Wildman–Crippen MR) is 131 cm³/mol. The summed E-state index contributed by atoms with van der Waals surface area (Å²) >= 11 is 1.37. The number of hydrogen-bond donors (Lipinski definition) is 1. The first-order valence-corrected chi connectivity index (χ1v) is 13.4. The predicted octanol–water partition coefficient (Wildman–Crippen LogP) is 5.12. The molecular formula is C28H28N4OW. The molecule has 5 rings (SSSR count). The molecule has 0 spiro atoms. The molecule has 0 bridgehead atoms. The van der Waals surface area contributed by atoms with E-state index in [0.29, 0.717) is 5.92 Å². The molecule has 1 amide bonds. The minimum absolute atomic E-state index is 0.0713. The maximum absolute atomic E-state index is 13.1. The van der Waals surface area contributed by atoms with E-state index in [1.165, 1.54) is 41.8 Å². The zero-order valence-corrected chi connectivity index (χ0v) is 22.0. The van der Waals surface area contributed by atoms with Gasteiger partial charge in [-0.1, -0.05) is 0 Å². The number of carbonyl (C=O) groups is 1. The minimum atomic E-state index is -0.0713. The number of pyridine rings is 1. The monoisotopic (exact) mass is 620 g/mol. The van der Waals surface area contributed by atoms with E-state index in [1.54, 1.807) is 6.20 Å². The van der Waals surface area contributed by atoms with Crippen LogP contribution in [0.3, 0.4) is 0 Å². The van der Waals surface area contributed by atoms with Crippen LogP contribution in [0.4, 0.5) is 0 Å². The van der Waals surface area contributed by atoms with Crippen LogP contribution in [-0.2, 0) is 32.3 Å². The van der Waals surface area contributed by atoms with Crippen molar-refractivity contribution in [1.29, 1.82) is 0 Å². The number of amides is 1. The van der Waals surface area contributed by atoms with Crippen LogP contribution in [-0.4, -0.2) is 24.3 Å². The zero-order chi connectivity index (χ0) is 23.3. The van der Waals surface area contributed by atoms with Crippen LogP contribution >= 0.6 is 0 Å². The van der Waals surface area contributed by atoms with Gasteiger partial charge in [0.05, 0.1) is 0 Å². The number of aryl methyl sites for hydroxylation is 2. The van der Waals surface area contributed by atoms with Crippen molar-refractivity contribution < 1.29 is 24.1 Å². The van der Waals surface area contributed by atoms with Crippen LogP contribution in [0.5, 0.6) is 0 Å². The molecule has 1 fully saturated rings. The fourth-order valence-corrected chi connectivity index (χ4v) is 5.24. The number of rotatable bonds is 2. The van der Waals surface area contributed by atoms with Crippen LogP contribution in [0.1, 0.15) is 65.5 Å². The summed E-state index contributed by atoms with van der Waals surface area (Å²) in [6.45, 7) is 0.964. The Kier molecular flexibility index (Phi) is 7.10. The third-order valence-electron chi connectivity index (χ3n) is 6.42. The first-order valence-electron chi connectivity index (χ1n) is 12.0. The number of nitrogens with zero attached hydrogens (tertiary/aromatic N) is 3. The molecule has 2 aromatic heterocycles. The molecule has 1 aliphatic heterocycles. The first kappa shape index (κ1) is 22.9. The van der Waals surface area contributed by atoms with Gasteiger partial charge >= 0.3 is 176 Å². The van der Waals surface area contributed by atoms with Crippen molar-refractivity contribution in [3.63, 3.8) is 0 Å². The van der Waals surface area contributed by atoms with E-state index in [4.69, 9.17) is 0 Å². The zero-order valence-electron chi connectivity index (χ0n) is 19.1. The number of imidazole rings is 1. The molecule has 1 N–H and O–H groups in total. The van der Waals surface area contributed by atoms with E-state index in [-0.39, 0.29) is 5.91 Å². The van der Waals surface area contributed by atoms with Crippen molar-refractivity contribution >= 4 is 9.81 Å². The number of benzene rings is 1. The van der Waals surface area contributed by atoms with Gasteiger partial charge in [0.25, 0.3) is 0 Å². The van der Waals surface area contributed by atoms with Crippen molar-refractivity contribution in [1.82, 2.24) is 19.9 Å². The summed E-state index contributed by atoms with van der Waals surface area (Å²) in [6, 6.07) is 10.5. The van der Waals surface area contributed by atoms with Gasteiger partial charge in [-0.25, -0.2) is 0 Å². The third kappa shape index (κ3) is 5.42. The summed E-state index contributed by atoms with van der Waals surface area (Å²) in [7, 11) is 0. The Morgan fingerprint density at radius 1 is 1.00 bits per heavy atom. The number of aromatic nitrogens is 3. The Bertz CT molecular complexity index is 1250.